The fourth-order valence-corrected chi connectivity index (χ4v) is 7.55. The predicted molar refractivity (Wildman–Crippen MR) is 90.1 cm³/mol. The van der Waals surface area contributed by atoms with Crippen molar-refractivity contribution in [1.29, 1.82) is 0 Å². The minimum atomic E-state index is -0.139. The molecule has 7 atom stereocenters. The summed E-state index contributed by atoms with van der Waals surface area (Å²) in [5, 5.41) is 0. The maximum Gasteiger partial charge on any atom is 0.302 e. The molecule has 5 aliphatic rings. The van der Waals surface area contributed by atoms with E-state index in [1.807, 2.05) is 0 Å². The van der Waals surface area contributed by atoms with Gasteiger partial charge in [-0.15, -0.1) is 0 Å². The van der Waals surface area contributed by atoms with Crippen molar-refractivity contribution in [2.75, 3.05) is 0 Å². The van der Waals surface area contributed by atoms with Crippen LogP contribution in [0.1, 0.15) is 65.2 Å². The van der Waals surface area contributed by atoms with Gasteiger partial charge >= 0.3 is 5.97 Å². The molecule has 0 saturated heterocycles. The molecule has 0 bridgehead atoms. The van der Waals surface area contributed by atoms with E-state index in [1.165, 1.54) is 26.2 Å². The lowest BCUT2D eigenvalue weighted by atomic mass is 9.52. The zero-order valence-corrected chi connectivity index (χ0v) is 14.8. The van der Waals surface area contributed by atoms with Crippen LogP contribution in [0.5, 0.6) is 0 Å². The van der Waals surface area contributed by atoms with E-state index in [2.05, 4.69) is 19.1 Å². The highest BCUT2D eigenvalue weighted by atomic mass is 16.5. The summed E-state index contributed by atoms with van der Waals surface area (Å²) < 4.78 is 5.55. The Bertz CT molecular complexity index is 651. The van der Waals surface area contributed by atoms with E-state index in [9.17, 15) is 9.59 Å². The van der Waals surface area contributed by atoms with E-state index in [4.69, 9.17) is 4.74 Å². The van der Waals surface area contributed by atoms with Crippen LogP contribution >= 0.6 is 0 Å². The second-order valence-electron chi connectivity index (χ2n) is 9.53. The van der Waals surface area contributed by atoms with Crippen LogP contribution in [0.15, 0.2) is 12.2 Å². The number of esters is 1. The second-order valence-corrected chi connectivity index (χ2v) is 9.53. The SMILES string of the molecule is CC(=O)O[C@H]1CC[C@@]23C[C@]2(C=C[C@@H]2[C@@H]3CC[C@]3(C)C(=O)CC[C@@H]23)C1. The summed E-state index contributed by atoms with van der Waals surface area (Å²) in [4.78, 5) is 23.8. The average molecular weight is 328 g/mol. The maximum absolute atomic E-state index is 12.4. The highest BCUT2D eigenvalue weighted by molar-refractivity contribution is 5.87. The van der Waals surface area contributed by atoms with E-state index in [1.54, 1.807) is 0 Å². The molecule has 0 heterocycles. The molecule has 0 aliphatic heterocycles. The van der Waals surface area contributed by atoms with Gasteiger partial charge in [0.2, 0.25) is 0 Å². The van der Waals surface area contributed by atoms with Crippen molar-refractivity contribution in [3.05, 3.63) is 12.2 Å². The summed E-state index contributed by atoms with van der Waals surface area (Å²) in [6.07, 6.45) is 13.8. The van der Waals surface area contributed by atoms with E-state index in [-0.39, 0.29) is 17.5 Å². The number of hydrogen-bond donors (Lipinski definition) is 0. The standard InChI is InChI=1S/C21H28O3/c1-13(22)24-14-5-10-21-12-20(21,11-14)9-6-15-16-3-4-18(23)19(16,2)8-7-17(15)21/h6,9,14-17H,3-5,7-8,10-12H2,1-2H3/t14-,15-,16-,17-,19-,20-,21-/m0/s1. The zero-order valence-electron chi connectivity index (χ0n) is 14.8. The van der Waals surface area contributed by atoms with E-state index < -0.39 is 0 Å². The lowest BCUT2D eigenvalue weighted by Gasteiger charge is -2.52. The van der Waals surface area contributed by atoms with Crippen molar-refractivity contribution < 1.29 is 14.3 Å². The summed E-state index contributed by atoms with van der Waals surface area (Å²) in [5.74, 6) is 2.31. The normalized spacial score (nSPS) is 54.3. The Morgan fingerprint density at radius 3 is 2.83 bits per heavy atom. The number of carbonyl (C=O) groups excluding carboxylic acids is 2. The van der Waals surface area contributed by atoms with Gasteiger partial charge in [0.05, 0.1) is 0 Å². The van der Waals surface area contributed by atoms with Gasteiger partial charge < -0.3 is 4.74 Å². The van der Waals surface area contributed by atoms with Gasteiger partial charge in [0, 0.05) is 18.8 Å². The van der Waals surface area contributed by atoms with Crippen LogP contribution in [0.2, 0.25) is 0 Å². The molecule has 0 amide bonds. The Balaban J connectivity index is 1.44. The van der Waals surface area contributed by atoms with Gasteiger partial charge in [-0.1, -0.05) is 19.1 Å². The molecule has 3 heteroatoms. The number of ketones is 1. The Morgan fingerprint density at radius 1 is 1.21 bits per heavy atom. The molecule has 0 aromatic carbocycles. The second kappa shape index (κ2) is 4.53. The Hall–Kier alpha value is -1.12. The van der Waals surface area contributed by atoms with Gasteiger partial charge in [-0.05, 0) is 73.5 Å². The Kier molecular flexibility index (Phi) is 2.86. The lowest BCUT2D eigenvalue weighted by molar-refractivity contribution is -0.149. The fraction of sp³-hybridized carbons (Fsp3) is 0.810. The molecule has 24 heavy (non-hydrogen) atoms. The molecular weight excluding hydrogens is 300 g/mol. The number of rotatable bonds is 1. The van der Waals surface area contributed by atoms with Gasteiger partial charge in [-0.2, -0.15) is 0 Å². The van der Waals surface area contributed by atoms with Gasteiger partial charge in [0.15, 0.2) is 0 Å². The molecule has 0 aromatic heterocycles. The molecule has 0 unspecified atom stereocenters. The topological polar surface area (TPSA) is 43.4 Å². The first-order valence-corrected chi connectivity index (χ1v) is 9.80. The van der Waals surface area contributed by atoms with Gasteiger partial charge in [0.25, 0.3) is 0 Å². The van der Waals surface area contributed by atoms with Crippen LogP contribution in [0, 0.1) is 34.0 Å². The van der Waals surface area contributed by atoms with Crippen molar-refractivity contribution in [3.8, 4) is 0 Å². The van der Waals surface area contributed by atoms with Crippen molar-refractivity contribution >= 4 is 11.8 Å². The highest BCUT2D eigenvalue weighted by Gasteiger charge is 2.74. The van der Waals surface area contributed by atoms with Crippen LogP contribution in [0.3, 0.4) is 0 Å². The van der Waals surface area contributed by atoms with Crippen molar-refractivity contribution in [2.45, 2.75) is 71.3 Å². The van der Waals surface area contributed by atoms with E-state index >= 15 is 0 Å². The minimum absolute atomic E-state index is 0.0496. The molecule has 4 fully saturated rings. The number of fused-ring (bicyclic) bond motifs is 3. The number of Topliss-reactive ketones (excluding diaryl/α,β-unsaturated/α-hetero) is 1. The van der Waals surface area contributed by atoms with Crippen LogP contribution in [0.4, 0.5) is 0 Å². The summed E-state index contributed by atoms with van der Waals surface area (Å²) >= 11 is 0. The van der Waals surface area contributed by atoms with E-state index in [0.29, 0.717) is 28.4 Å². The van der Waals surface area contributed by atoms with Crippen LogP contribution in [-0.4, -0.2) is 17.9 Å². The highest BCUT2D eigenvalue weighted by Crippen LogP contribution is 2.81. The molecule has 3 nitrogen and oxygen atoms in total. The first-order chi connectivity index (χ1) is 11.4. The fourth-order valence-electron chi connectivity index (χ4n) is 7.55. The maximum atomic E-state index is 12.4. The van der Waals surface area contributed by atoms with Gasteiger partial charge in [-0.3, -0.25) is 9.59 Å². The quantitative estimate of drug-likeness (QED) is 0.538. The van der Waals surface area contributed by atoms with Crippen molar-refractivity contribution in [3.63, 3.8) is 0 Å². The average Bonchev–Trinajstić information content (AvgIpc) is 3.13. The third-order valence-corrected chi connectivity index (χ3v) is 8.72. The summed E-state index contributed by atoms with van der Waals surface area (Å²) in [5.41, 5.74) is 0.699. The smallest absolute Gasteiger partial charge is 0.302 e. The Labute approximate surface area is 144 Å². The molecule has 130 valence electrons. The summed E-state index contributed by atoms with van der Waals surface area (Å²) in [6.45, 7) is 3.76. The van der Waals surface area contributed by atoms with Crippen LogP contribution in [0.25, 0.3) is 0 Å². The monoisotopic (exact) mass is 328 g/mol. The zero-order chi connectivity index (χ0) is 16.7. The molecule has 0 radical (unpaired) electrons. The van der Waals surface area contributed by atoms with E-state index in [0.717, 1.165) is 38.0 Å². The molecule has 4 saturated carbocycles. The predicted octanol–water partition coefficient (Wildman–Crippen LogP) is 4.06. The Morgan fingerprint density at radius 2 is 2.04 bits per heavy atom. The molecule has 5 aliphatic carbocycles. The number of allylic oxidation sites excluding steroid dienone is 2. The van der Waals surface area contributed by atoms with Crippen molar-refractivity contribution in [1.82, 2.24) is 0 Å². The molecule has 0 aromatic rings. The molecule has 5 rings (SSSR count). The molecule has 0 N–H and O–H groups in total. The summed E-state index contributed by atoms with van der Waals surface area (Å²) in [7, 11) is 0. The summed E-state index contributed by atoms with van der Waals surface area (Å²) in [6, 6.07) is 0. The largest absolute Gasteiger partial charge is 0.463 e. The number of hydrogen-bond acceptors (Lipinski definition) is 3. The van der Waals surface area contributed by atoms with Gasteiger partial charge in [-0.25, -0.2) is 0 Å². The number of ether oxygens (including phenoxy) is 1. The van der Waals surface area contributed by atoms with Crippen LogP contribution < -0.4 is 0 Å². The number of carbonyl (C=O) groups is 2. The first kappa shape index (κ1) is 15.2. The third kappa shape index (κ3) is 1.69. The minimum Gasteiger partial charge on any atom is -0.463 e. The first-order valence-electron chi connectivity index (χ1n) is 9.80. The molecule has 0 spiro atoms. The van der Waals surface area contributed by atoms with Gasteiger partial charge in [0.1, 0.15) is 11.9 Å². The van der Waals surface area contributed by atoms with Crippen molar-refractivity contribution in [2.24, 2.45) is 34.0 Å². The third-order valence-electron chi connectivity index (χ3n) is 8.72. The molecular formula is C21H28O3. The lowest BCUT2D eigenvalue weighted by Crippen LogP contribution is -2.47. The van der Waals surface area contributed by atoms with Crippen LogP contribution in [-0.2, 0) is 14.3 Å².